The zero-order valence-electron chi connectivity index (χ0n) is 15.1. The van der Waals surface area contributed by atoms with E-state index in [-0.39, 0.29) is 25.0 Å². The molecule has 0 aromatic heterocycles. The van der Waals surface area contributed by atoms with Crippen molar-refractivity contribution in [2.24, 2.45) is 0 Å². The highest BCUT2D eigenvalue weighted by Gasteiger charge is 2.32. The molecule has 1 saturated heterocycles. The van der Waals surface area contributed by atoms with Crippen molar-refractivity contribution in [2.75, 3.05) is 32.8 Å². The molecule has 0 unspecified atom stereocenters. The maximum absolute atomic E-state index is 12.3. The van der Waals surface area contributed by atoms with Crippen molar-refractivity contribution in [1.29, 1.82) is 0 Å². The summed E-state index contributed by atoms with van der Waals surface area (Å²) in [5, 5.41) is 14.6. The van der Waals surface area contributed by atoms with E-state index in [0.717, 1.165) is 16.9 Å². The summed E-state index contributed by atoms with van der Waals surface area (Å²) >= 11 is 0. The number of aliphatic hydroxyl groups excluding tert-OH is 1. The number of ether oxygens (including phenoxy) is 1. The van der Waals surface area contributed by atoms with E-state index in [1.807, 2.05) is 20.8 Å². The highest BCUT2D eigenvalue weighted by atomic mass is 16.5. The van der Waals surface area contributed by atoms with Crippen molar-refractivity contribution in [2.45, 2.75) is 33.2 Å². The molecule has 0 radical (unpaired) electrons. The molecule has 1 heterocycles. The smallest absolute Gasteiger partial charge is 0.318 e. The summed E-state index contributed by atoms with van der Waals surface area (Å²) in [6.07, 6.45) is 0.234. The number of benzene rings is 1. The lowest BCUT2D eigenvalue weighted by molar-refractivity contribution is -0.128. The van der Waals surface area contributed by atoms with Crippen LogP contribution in [0.15, 0.2) is 12.1 Å². The molecule has 1 aliphatic heterocycles. The molecular formula is C18H27N3O4. The summed E-state index contributed by atoms with van der Waals surface area (Å²) in [4.78, 5) is 25.6. The third kappa shape index (κ3) is 4.85. The van der Waals surface area contributed by atoms with Gasteiger partial charge >= 0.3 is 6.03 Å². The monoisotopic (exact) mass is 349 g/mol. The standard InChI is InChI=1S/C18H27N3O4/c1-12-10-13(2)16(14(3)11-12)25-9-6-20-18(24)21-7-5-19-17(23)15(21)4-8-22/h10-11,15,22H,4-9H2,1-3H3,(H,19,23)(H,20,24)/t15-/m1/s1. The molecule has 0 bridgehead atoms. The first-order chi connectivity index (χ1) is 11.9. The maximum atomic E-state index is 12.3. The predicted octanol–water partition coefficient (Wildman–Crippen LogP) is 0.883. The Morgan fingerprint density at radius 1 is 1.36 bits per heavy atom. The van der Waals surface area contributed by atoms with Gasteiger partial charge in [0, 0.05) is 19.7 Å². The van der Waals surface area contributed by atoms with Crippen LogP contribution in [0.5, 0.6) is 5.75 Å². The number of amides is 3. The van der Waals surface area contributed by atoms with Gasteiger partial charge in [0.25, 0.3) is 0 Å². The molecule has 1 aromatic rings. The molecular weight excluding hydrogens is 322 g/mol. The van der Waals surface area contributed by atoms with E-state index in [4.69, 9.17) is 9.84 Å². The van der Waals surface area contributed by atoms with Crippen LogP contribution in [0.1, 0.15) is 23.1 Å². The summed E-state index contributed by atoms with van der Waals surface area (Å²) in [5.74, 6) is 0.618. The van der Waals surface area contributed by atoms with E-state index in [1.165, 1.54) is 10.5 Å². The number of aliphatic hydroxyl groups is 1. The fourth-order valence-electron chi connectivity index (χ4n) is 3.17. The van der Waals surface area contributed by atoms with Gasteiger partial charge in [0.05, 0.1) is 6.54 Å². The number of nitrogens with zero attached hydrogens (tertiary/aromatic N) is 1. The Labute approximate surface area is 148 Å². The highest BCUT2D eigenvalue weighted by Crippen LogP contribution is 2.24. The van der Waals surface area contributed by atoms with Crippen molar-refractivity contribution in [3.8, 4) is 5.75 Å². The van der Waals surface area contributed by atoms with E-state index in [9.17, 15) is 9.59 Å². The highest BCUT2D eigenvalue weighted by molar-refractivity contribution is 5.88. The van der Waals surface area contributed by atoms with Gasteiger partial charge in [-0.2, -0.15) is 0 Å². The number of hydrogen-bond acceptors (Lipinski definition) is 4. The van der Waals surface area contributed by atoms with Crippen LogP contribution in [-0.2, 0) is 4.79 Å². The largest absolute Gasteiger partial charge is 0.491 e. The number of rotatable bonds is 6. The molecule has 138 valence electrons. The second kappa shape index (κ2) is 8.71. The predicted molar refractivity (Wildman–Crippen MR) is 94.8 cm³/mol. The number of aryl methyl sites for hydroxylation is 3. The van der Waals surface area contributed by atoms with Crippen molar-refractivity contribution >= 4 is 11.9 Å². The molecule has 0 aliphatic carbocycles. The average molecular weight is 349 g/mol. The van der Waals surface area contributed by atoms with E-state index >= 15 is 0 Å². The number of nitrogens with one attached hydrogen (secondary N) is 2. The lowest BCUT2D eigenvalue weighted by Gasteiger charge is -2.34. The van der Waals surface area contributed by atoms with Gasteiger partial charge in [-0.05, 0) is 38.3 Å². The van der Waals surface area contributed by atoms with Crippen LogP contribution in [-0.4, -0.2) is 60.8 Å². The van der Waals surface area contributed by atoms with E-state index in [1.54, 1.807) is 0 Å². The molecule has 3 amide bonds. The summed E-state index contributed by atoms with van der Waals surface area (Å²) < 4.78 is 5.80. The average Bonchev–Trinajstić information content (AvgIpc) is 2.55. The Morgan fingerprint density at radius 2 is 2.04 bits per heavy atom. The molecule has 1 fully saturated rings. The third-order valence-electron chi connectivity index (χ3n) is 4.22. The van der Waals surface area contributed by atoms with Crippen LogP contribution in [0.2, 0.25) is 0 Å². The minimum absolute atomic E-state index is 0.142. The topological polar surface area (TPSA) is 90.9 Å². The summed E-state index contributed by atoms with van der Waals surface area (Å²) in [7, 11) is 0. The fourth-order valence-corrected chi connectivity index (χ4v) is 3.17. The van der Waals surface area contributed by atoms with Crippen molar-refractivity contribution in [1.82, 2.24) is 15.5 Å². The number of piperazine rings is 1. The fraction of sp³-hybridized carbons (Fsp3) is 0.556. The number of carbonyl (C=O) groups is 2. The lowest BCUT2D eigenvalue weighted by Crippen LogP contribution is -2.59. The molecule has 25 heavy (non-hydrogen) atoms. The van der Waals surface area contributed by atoms with Crippen molar-refractivity contribution < 1.29 is 19.4 Å². The summed E-state index contributed by atoms with van der Waals surface area (Å²) in [6, 6.07) is 3.19. The Morgan fingerprint density at radius 3 is 2.68 bits per heavy atom. The first-order valence-corrected chi connectivity index (χ1v) is 8.57. The van der Waals surface area contributed by atoms with Crippen LogP contribution >= 0.6 is 0 Å². The molecule has 1 atom stereocenters. The van der Waals surface area contributed by atoms with Crippen molar-refractivity contribution in [3.05, 3.63) is 28.8 Å². The molecule has 2 rings (SSSR count). The second-order valence-electron chi connectivity index (χ2n) is 6.32. The van der Waals surface area contributed by atoms with Gasteiger partial charge in [0.15, 0.2) is 0 Å². The van der Waals surface area contributed by atoms with Gasteiger partial charge in [-0.15, -0.1) is 0 Å². The number of carbonyl (C=O) groups excluding carboxylic acids is 2. The zero-order chi connectivity index (χ0) is 18.4. The number of hydrogen-bond donors (Lipinski definition) is 3. The Balaban J connectivity index is 1.85. The second-order valence-corrected chi connectivity index (χ2v) is 6.32. The van der Waals surface area contributed by atoms with Gasteiger partial charge < -0.3 is 25.4 Å². The van der Waals surface area contributed by atoms with Gasteiger partial charge in [-0.25, -0.2) is 4.79 Å². The number of urea groups is 1. The van der Waals surface area contributed by atoms with E-state index in [0.29, 0.717) is 26.2 Å². The molecule has 3 N–H and O–H groups in total. The quantitative estimate of drug-likeness (QED) is 0.665. The van der Waals surface area contributed by atoms with Crippen LogP contribution in [0, 0.1) is 20.8 Å². The van der Waals surface area contributed by atoms with Gasteiger partial charge in [-0.1, -0.05) is 17.7 Å². The molecule has 1 aromatic carbocycles. The van der Waals surface area contributed by atoms with Gasteiger partial charge in [0.1, 0.15) is 18.4 Å². The molecule has 7 heteroatoms. The van der Waals surface area contributed by atoms with E-state index < -0.39 is 6.04 Å². The summed E-state index contributed by atoms with van der Waals surface area (Å²) in [5.41, 5.74) is 3.33. The first-order valence-electron chi connectivity index (χ1n) is 8.57. The normalized spacial score (nSPS) is 17.2. The molecule has 0 spiro atoms. The maximum Gasteiger partial charge on any atom is 0.318 e. The SMILES string of the molecule is Cc1cc(C)c(OCCNC(=O)N2CCNC(=O)[C@H]2CCO)c(C)c1. The molecule has 1 aliphatic rings. The lowest BCUT2D eigenvalue weighted by atomic mass is 10.1. The Hall–Kier alpha value is -2.28. The van der Waals surface area contributed by atoms with Crippen LogP contribution in [0.4, 0.5) is 4.79 Å². The van der Waals surface area contributed by atoms with E-state index in [2.05, 4.69) is 22.8 Å². The Kier molecular flexibility index (Phi) is 6.64. The molecule has 0 saturated carbocycles. The van der Waals surface area contributed by atoms with Crippen LogP contribution < -0.4 is 15.4 Å². The third-order valence-corrected chi connectivity index (χ3v) is 4.22. The Bertz CT molecular complexity index is 610. The van der Waals surface area contributed by atoms with Crippen molar-refractivity contribution in [3.63, 3.8) is 0 Å². The van der Waals surface area contributed by atoms with Gasteiger partial charge in [0.2, 0.25) is 5.91 Å². The van der Waals surface area contributed by atoms with Crippen LogP contribution in [0.25, 0.3) is 0 Å². The minimum Gasteiger partial charge on any atom is -0.491 e. The molecule has 7 nitrogen and oxygen atoms in total. The minimum atomic E-state index is -0.624. The van der Waals surface area contributed by atoms with Crippen LogP contribution in [0.3, 0.4) is 0 Å². The zero-order valence-corrected chi connectivity index (χ0v) is 15.1. The first kappa shape index (κ1) is 19.1. The summed E-state index contributed by atoms with van der Waals surface area (Å²) in [6.45, 7) is 7.44. The van der Waals surface area contributed by atoms with Gasteiger partial charge in [-0.3, -0.25) is 4.79 Å².